The van der Waals surface area contributed by atoms with Crippen molar-refractivity contribution in [1.82, 2.24) is 0 Å². The fraction of sp³-hybridized carbons (Fsp3) is 0.333. The summed E-state index contributed by atoms with van der Waals surface area (Å²) in [5, 5.41) is 0. The molecule has 0 radical (unpaired) electrons. The standard InChI is InChI=1S/C18H22FNO/c1-11(2)14-6-5-7-15(9-14)21-18-8-12(3)17(19)10-16(18)13(4)20/h5-11,13H,20H2,1-4H3. The van der Waals surface area contributed by atoms with Crippen LogP contribution in [0.4, 0.5) is 4.39 Å². The summed E-state index contributed by atoms with van der Waals surface area (Å²) in [7, 11) is 0. The Labute approximate surface area is 125 Å². The predicted octanol–water partition coefficient (Wildman–Crippen LogP) is 5.07. The lowest BCUT2D eigenvalue weighted by atomic mass is 10.0. The summed E-state index contributed by atoms with van der Waals surface area (Å²) in [5.41, 5.74) is 8.35. The number of hydrogen-bond donors (Lipinski definition) is 1. The molecule has 0 saturated carbocycles. The summed E-state index contributed by atoms with van der Waals surface area (Å²) in [4.78, 5) is 0. The molecule has 0 bridgehead atoms. The molecule has 2 rings (SSSR count). The van der Waals surface area contributed by atoms with E-state index in [1.165, 1.54) is 11.6 Å². The van der Waals surface area contributed by atoms with Crippen LogP contribution in [0.5, 0.6) is 11.5 Å². The van der Waals surface area contributed by atoms with Crippen LogP contribution in [0, 0.1) is 12.7 Å². The molecule has 0 fully saturated rings. The van der Waals surface area contributed by atoms with Crippen LogP contribution in [-0.4, -0.2) is 0 Å². The molecule has 1 atom stereocenters. The van der Waals surface area contributed by atoms with Gasteiger partial charge in [-0.25, -0.2) is 4.39 Å². The molecule has 0 saturated heterocycles. The molecule has 2 aromatic carbocycles. The molecule has 0 aliphatic carbocycles. The Balaban J connectivity index is 2.39. The maximum absolute atomic E-state index is 13.7. The molecule has 1 unspecified atom stereocenters. The third-order valence-electron chi connectivity index (χ3n) is 3.53. The summed E-state index contributed by atoms with van der Waals surface area (Å²) >= 11 is 0. The Hall–Kier alpha value is -1.87. The summed E-state index contributed by atoms with van der Waals surface area (Å²) in [6.07, 6.45) is 0. The molecule has 2 N–H and O–H groups in total. The van der Waals surface area contributed by atoms with Crippen LogP contribution in [0.2, 0.25) is 0 Å². The molecular weight excluding hydrogens is 265 g/mol. The number of benzene rings is 2. The molecule has 112 valence electrons. The van der Waals surface area contributed by atoms with Crippen molar-refractivity contribution in [3.8, 4) is 11.5 Å². The van der Waals surface area contributed by atoms with E-state index in [0.29, 0.717) is 22.8 Å². The normalized spacial score (nSPS) is 12.5. The maximum Gasteiger partial charge on any atom is 0.132 e. The second-order valence-electron chi connectivity index (χ2n) is 5.76. The average molecular weight is 287 g/mol. The van der Waals surface area contributed by atoms with Gasteiger partial charge in [-0.3, -0.25) is 0 Å². The van der Waals surface area contributed by atoms with E-state index in [1.807, 2.05) is 25.1 Å². The second-order valence-corrected chi connectivity index (χ2v) is 5.76. The van der Waals surface area contributed by atoms with Crippen molar-refractivity contribution in [2.75, 3.05) is 0 Å². The van der Waals surface area contributed by atoms with Gasteiger partial charge in [0.15, 0.2) is 0 Å². The van der Waals surface area contributed by atoms with Gasteiger partial charge in [-0.1, -0.05) is 26.0 Å². The summed E-state index contributed by atoms with van der Waals surface area (Å²) in [6.45, 7) is 7.81. The van der Waals surface area contributed by atoms with Gasteiger partial charge < -0.3 is 10.5 Å². The van der Waals surface area contributed by atoms with Crippen LogP contribution in [0.1, 0.15) is 49.4 Å². The Kier molecular flexibility index (Phi) is 4.63. The van der Waals surface area contributed by atoms with Gasteiger partial charge in [-0.2, -0.15) is 0 Å². The molecule has 0 spiro atoms. The van der Waals surface area contributed by atoms with Crippen LogP contribution in [0.3, 0.4) is 0 Å². The fourth-order valence-electron chi connectivity index (χ4n) is 2.18. The van der Waals surface area contributed by atoms with Crippen molar-refractivity contribution in [3.05, 3.63) is 58.9 Å². The fourth-order valence-corrected chi connectivity index (χ4v) is 2.18. The SMILES string of the molecule is Cc1cc(Oc2cccc(C(C)C)c2)c(C(C)N)cc1F. The second kappa shape index (κ2) is 6.27. The van der Waals surface area contributed by atoms with Gasteiger partial charge in [0.05, 0.1) is 0 Å². The number of halogens is 1. The molecule has 2 nitrogen and oxygen atoms in total. The van der Waals surface area contributed by atoms with Gasteiger partial charge in [0.1, 0.15) is 17.3 Å². The molecule has 21 heavy (non-hydrogen) atoms. The highest BCUT2D eigenvalue weighted by molar-refractivity contribution is 5.43. The topological polar surface area (TPSA) is 35.2 Å². The van der Waals surface area contributed by atoms with Gasteiger partial charge in [-0.05, 0) is 55.2 Å². The largest absolute Gasteiger partial charge is 0.457 e. The molecule has 0 aliphatic rings. The lowest BCUT2D eigenvalue weighted by Gasteiger charge is -2.16. The number of hydrogen-bond acceptors (Lipinski definition) is 2. The Morgan fingerprint density at radius 3 is 2.43 bits per heavy atom. The van der Waals surface area contributed by atoms with Gasteiger partial charge in [0, 0.05) is 11.6 Å². The van der Waals surface area contributed by atoms with E-state index in [0.717, 1.165) is 5.75 Å². The van der Waals surface area contributed by atoms with E-state index < -0.39 is 0 Å². The molecule has 3 heteroatoms. The van der Waals surface area contributed by atoms with Gasteiger partial charge in [0.2, 0.25) is 0 Å². The van der Waals surface area contributed by atoms with E-state index in [-0.39, 0.29) is 11.9 Å². The first kappa shape index (κ1) is 15.5. The quantitative estimate of drug-likeness (QED) is 0.852. The third kappa shape index (κ3) is 3.61. The predicted molar refractivity (Wildman–Crippen MR) is 84.3 cm³/mol. The van der Waals surface area contributed by atoms with Crippen LogP contribution in [-0.2, 0) is 0 Å². The van der Waals surface area contributed by atoms with Crippen LogP contribution < -0.4 is 10.5 Å². The van der Waals surface area contributed by atoms with Gasteiger partial charge in [-0.15, -0.1) is 0 Å². The lowest BCUT2D eigenvalue weighted by Crippen LogP contribution is -2.08. The van der Waals surface area contributed by atoms with E-state index in [2.05, 4.69) is 19.9 Å². The smallest absolute Gasteiger partial charge is 0.132 e. The van der Waals surface area contributed by atoms with E-state index >= 15 is 0 Å². The van der Waals surface area contributed by atoms with E-state index in [1.54, 1.807) is 13.0 Å². The first-order valence-electron chi connectivity index (χ1n) is 7.22. The minimum atomic E-state index is -0.289. The van der Waals surface area contributed by atoms with Crippen molar-refractivity contribution >= 4 is 0 Å². The maximum atomic E-state index is 13.7. The first-order chi connectivity index (χ1) is 9.88. The molecule has 0 aromatic heterocycles. The number of ether oxygens (including phenoxy) is 1. The monoisotopic (exact) mass is 287 g/mol. The van der Waals surface area contributed by atoms with Gasteiger partial charge >= 0.3 is 0 Å². The Morgan fingerprint density at radius 2 is 1.81 bits per heavy atom. The first-order valence-corrected chi connectivity index (χ1v) is 7.22. The van der Waals surface area contributed by atoms with Crippen LogP contribution in [0.15, 0.2) is 36.4 Å². The highest BCUT2D eigenvalue weighted by Gasteiger charge is 2.13. The lowest BCUT2D eigenvalue weighted by molar-refractivity contribution is 0.467. The molecule has 0 amide bonds. The third-order valence-corrected chi connectivity index (χ3v) is 3.53. The van der Waals surface area contributed by atoms with E-state index in [9.17, 15) is 4.39 Å². The Morgan fingerprint density at radius 1 is 1.10 bits per heavy atom. The average Bonchev–Trinajstić information content (AvgIpc) is 2.42. The Bertz CT molecular complexity index is 635. The summed E-state index contributed by atoms with van der Waals surface area (Å²) < 4.78 is 19.7. The zero-order valence-electron chi connectivity index (χ0n) is 13.0. The summed E-state index contributed by atoms with van der Waals surface area (Å²) in [6, 6.07) is 10.8. The van der Waals surface area contributed by atoms with Crippen LogP contribution in [0.25, 0.3) is 0 Å². The molecule has 2 aromatic rings. The van der Waals surface area contributed by atoms with Crippen molar-refractivity contribution in [2.24, 2.45) is 5.73 Å². The van der Waals surface area contributed by atoms with Crippen LogP contribution >= 0.6 is 0 Å². The van der Waals surface area contributed by atoms with Crippen molar-refractivity contribution in [3.63, 3.8) is 0 Å². The van der Waals surface area contributed by atoms with Crippen molar-refractivity contribution < 1.29 is 9.13 Å². The zero-order chi connectivity index (χ0) is 15.6. The van der Waals surface area contributed by atoms with Crippen molar-refractivity contribution in [1.29, 1.82) is 0 Å². The molecule has 0 aliphatic heterocycles. The number of aryl methyl sites for hydroxylation is 1. The summed E-state index contributed by atoms with van der Waals surface area (Å²) in [5.74, 6) is 1.53. The van der Waals surface area contributed by atoms with Crippen molar-refractivity contribution in [2.45, 2.75) is 39.7 Å². The number of nitrogens with two attached hydrogens (primary N) is 1. The minimum Gasteiger partial charge on any atom is -0.457 e. The number of rotatable bonds is 4. The highest BCUT2D eigenvalue weighted by atomic mass is 19.1. The zero-order valence-corrected chi connectivity index (χ0v) is 13.0. The highest BCUT2D eigenvalue weighted by Crippen LogP contribution is 2.32. The molecule has 0 heterocycles. The van der Waals surface area contributed by atoms with Gasteiger partial charge in [0.25, 0.3) is 0 Å². The molecular formula is C18H22FNO. The van der Waals surface area contributed by atoms with E-state index in [4.69, 9.17) is 10.5 Å². The minimum absolute atomic E-state index is 0.259.